The van der Waals surface area contributed by atoms with E-state index in [1.54, 1.807) is 0 Å². The fourth-order valence-corrected chi connectivity index (χ4v) is 5.64. The third-order valence-corrected chi connectivity index (χ3v) is 7.34. The van der Waals surface area contributed by atoms with Crippen molar-refractivity contribution in [2.75, 3.05) is 13.2 Å². The Balaban J connectivity index is 1.33. The lowest BCUT2D eigenvalue weighted by Crippen LogP contribution is -2.51. The largest absolute Gasteiger partial charge is 0.495 e. The molecule has 1 aliphatic heterocycles. The molecule has 0 saturated heterocycles. The van der Waals surface area contributed by atoms with E-state index < -0.39 is 30.0 Å². The van der Waals surface area contributed by atoms with Crippen molar-refractivity contribution in [1.82, 2.24) is 10.2 Å². The molecule has 7 nitrogen and oxygen atoms in total. The molecule has 3 aromatic rings. The zero-order valence-corrected chi connectivity index (χ0v) is 23.0. The molecule has 1 heterocycles. The smallest absolute Gasteiger partial charge is 0.407 e. The Morgan fingerprint density at radius 1 is 0.900 bits per heavy atom. The van der Waals surface area contributed by atoms with E-state index in [0.717, 1.165) is 27.8 Å². The van der Waals surface area contributed by atoms with Gasteiger partial charge in [-0.15, -0.1) is 0 Å². The van der Waals surface area contributed by atoms with E-state index in [4.69, 9.17) is 9.47 Å². The molecule has 3 aromatic carbocycles. The van der Waals surface area contributed by atoms with Crippen LogP contribution in [0, 0.1) is 5.92 Å². The summed E-state index contributed by atoms with van der Waals surface area (Å²) in [6.45, 7) is 6.25. The second-order valence-corrected chi connectivity index (χ2v) is 10.5. The topological polar surface area (TPSA) is 84.9 Å². The van der Waals surface area contributed by atoms with Gasteiger partial charge in [0.15, 0.2) is 0 Å². The number of alkyl carbamates (subject to hydrolysis) is 1. The quantitative estimate of drug-likeness (QED) is 0.363. The van der Waals surface area contributed by atoms with Gasteiger partial charge in [0.1, 0.15) is 24.4 Å². The van der Waals surface area contributed by atoms with Crippen molar-refractivity contribution < 1.29 is 23.9 Å². The van der Waals surface area contributed by atoms with Crippen LogP contribution in [0.15, 0.2) is 90.7 Å². The molecule has 1 aliphatic carbocycles. The molecule has 7 heteroatoms. The van der Waals surface area contributed by atoms with E-state index in [-0.39, 0.29) is 18.4 Å². The second kappa shape index (κ2) is 11.8. The summed E-state index contributed by atoms with van der Waals surface area (Å²) in [4.78, 5) is 41.3. The van der Waals surface area contributed by atoms with Gasteiger partial charge in [-0.3, -0.25) is 14.5 Å². The summed E-state index contributed by atoms with van der Waals surface area (Å²) in [5.41, 5.74) is 5.24. The molecule has 0 fully saturated rings. The summed E-state index contributed by atoms with van der Waals surface area (Å²) in [6.07, 6.45) is 1.01. The van der Waals surface area contributed by atoms with Crippen molar-refractivity contribution in [3.63, 3.8) is 0 Å². The summed E-state index contributed by atoms with van der Waals surface area (Å²) in [5, 5.41) is 2.77. The number of hydrogen-bond donors (Lipinski definition) is 1. The lowest BCUT2D eigenvalue weighted by molar-refractivity contribution is -0.145. The molecular weight excluding hydrogens is 504 g/mol. The van der Waals surface area contributed by atoms with Gasteiger partial charge in [0, 0.05) is 12.0 Å². The molecule has 3 amide bonds. The molecule has 0 radical (unpaired) electrons. The highest BCUT2D eigenvalue weighted by Crippen LogP contribution is 2.44. The number of rotatable bonds is 9. The van der Waals surface area contributed by atoms with Gasteiger partial charge < -0.3 is 14.8 Å². The zero-order valence-electron chi connectivity index (χ0n) is 23.0. The van der Waals surface area contributed by atoms with Crippen molar-refractivity contribution in [3.8, 4) is 11.1 Å². The maximum Gasteiger partial charge on any atom is 0.407 e. The molecule has 40 heavy (non-hydrogen) atoms. The zero-order chi connectivity index (χ0) is 28.2. The number of imide groups is 1. The Bertz CT molecular complexity index is 1390. The van der Waals surface area contributed by atoms with Gasteiger partial charge in [-0.1, -0.05) is 92.7 Å². The number of carbonyl (C=O) groups is 3. The molecule has 5 rings (SSSR count). The number of fused-ring (bicyclic) bond motifs is 3. The van der Waals surface area contributed by atoms with Crippen LogP contribution < -0.4 is 5.32 Å². The molecule has 0 saturated carbocycles. The molecule has 1 N–H and O–H groups in total. The minimum Gasteiger partial charge on any atom is -0.495 e. The van der Waals surface area contributed by atoms with Gasteiger partial charge in [0.25, 0.3) is 11.8 Å². The highest BCUT2D eigenvalue weighted by Gasteiger charge is 2.42. The maximum absolute atomic E-state index is 13.9. The van der Waals surface area contributed by atoms with E-state index in [1.807, 2.05) is 75.4 Å². The first kappa shape index (κ1) is 27.2. The van der Waals surface area contributed by atoms with Gasteiger partial charge >= 0.3 is 6.09 Å². The van der Waals surface area contributed by atoms with Crippen LogP contribution in [0.2, 0.25) is 0 Å². The normalized spacial score (nSPS) is 16.8. The second-order valence-electron chi connectivity index (χ2n) is 10.5. The first-order valence-corrected chi connectivity index (χ1v) is 13.8. The number of benzene rings is 3. The maximum atomic E-state index is 13.9. The van der Waals surface area contributed by atoms with Gasteiger partial charge in [-0.05, 0) is 47.1 Å². The van der Waals surface area contributed by atoms with Crippen LogP contribution in [0.25, 0.3) is 11.1 Å². The molecule has 0 bridgehead atoms. The third-order valence-electron chi connectivity index (χ3n) is 7.34. The van der Waals surface area contributed by atoms with E-state index in [2.05, 4.69) is 29.6 Å². The van der Waals surface area contributed by atoms with Gasteiger partial charge in [-0.2, -0.15) is 0 Å². The summed E-state index contributed by atoms with van der Waals surface area (Å²) < 4.78 is 11.5. The van der Waals surface area contributed by atoms with Crippen molar-refractivity contribution in [3.05, 3.63) is 107 Å². The standard InChI is InChI=1S/C33H34N2O5/c1-4-39-29-19-30(36)35(31(29)22-12-6-5-7-13-22)32(37)28(18-21(2)3)34-33(38)40-20-27-25-16-10-8-14-23(25)24-15-9-11-17-26(24)27/h5-17,19,21,27-28,31H,4,18,20H2,1-3H3,(H,34,38)/t28-,31-/m0/s1. The summed E-state index contributed by atoms with van der Waals surface area (Å²) in [7, 11) is 0. The van der Waals surface area contributed by atoms with Gasteiger partial charge in [0.2, 0.25) is 0 Å². The molecule has 0 unspecified atom stereocenters. The van der Waals surface area contributed by atoms with Crippen molar-refractivity contribution in [2.24, 2.45) is 5.92 Å². The monoisotopic (exact) mass is 538 g/mol. The Kier molecular flexibility index (Phi) is 8.01. The number of hydrogen-bond acceptors (Lipinski definition) is 5. The number of nitrogens with zero attached hydrogens (tertiary/aromatic N) is 1. The summed E-state index contributed by atoms with van der Waals surface area (Å²) in [5.74, 6) is -0.568. The molecular formula is C33H34N2O5. The first-order chi connectivity index (χ1) is 19.4. The highest BCUT2D eigenvalue weighted by molar-refractivity contribution is 6.06. The van der Waals surface area contributed by atoms with E-state index in [0.29, 0.717) is 18.8 Å². The van der Waals surface area contributed by atoms with Crippen LogP contribution in [0.4, 0.5) is 4.79 Å². The number of ether oxygens (including phenoxy) is 2. The predicted molar refractivity (Wildman–Crippen MR) is 152 cm³/mol. The van der Waals surface area contributed by atoms with E-state index in [9.17, 15) is 14.4 Å². The average Bonchev–Trinajstić information content (AvgIpc) is 3.45. The van der Waals surface area contributed by atoms with Crippen LogP contribution in [-0.2, 0) is 19.1 Å². The van der Waals surface area contributed by atoms with Crippen LogP contribution in [0.5, 0.6) is 0 Å². The fourth-order valence-electron chi connectivity index (χ4n) is 5.64. The van der Waals surface area contributed by atoms with Crippen LogP contribution in [0.1, 0.15) is 55.8 Å². The third kappa shape index (κ3) is 5.37. The predicted octanol–water partition coefficient (Wildman–Crippen LogP) is 5.97. The minimum absolute atomic E-state index is 0.0787. The molecule has 0 aromatic heterocycles. The van der Waals surface area contributed by atoms with Crippen LogP contribution in [-0.4, -0.2) is 42.1 Å². The Morgan fingerprint density at radius 3 is 2.10 bits per heavy atom. The summed E-state index contributed by atoms with van der Waals surface area (Å²) >= 11 is 0. The molecule has 2 aliphatic rings. The van der Waals surface area contributed by atoms with Crippen molar-refractivity contribution in [2.45, 2.75) is 45.2 Å². The van der Waals surface area contributed by atoms with E-state index in [1.165, 1.54) is 11.0 Å². The molecule has 206 valence electrons. The average molecular weight is 539 g/mol. The Labute approximate surface area is 234 Å². The van der Waals surface area contributed by atoms with Crippen LogP contribution in [0.3, 0.4) is 0 Å². The fraction of sp³-hybridized carbons (Fsp3) is 0.303. The van der Waals surface area contributed by atoms with Gasteiger partial charge in [0.05, 0.1) is 6.61 Å². The van der Waals surface area contributed by atoms with Crippen molar-refractivity contribution in [1.29, 1.82) is 0 Å². The Morgan fingerprint density at radius 2 is 1.50 bits per heavy atom. The summed E-state index contributed by atoms with van der Waals surface area (Å²) in [6, 6.07) is 23.9. The lowest BCUT2D eigenvalue weighted by Gasteiger charge is -2.30. The highest BCUT2D eigenvalue weighted by atomic mass is 16.5. The lowest BCUT2D eigenvalue weighted by atomic mass is 9.98. The molecule has 2 atom stereocenters. The molecule has 0 spiro atoms. The SMILES string of the molecule is CCOC1=CC(=O)N(C(=O)[C@H](CC(C)C)NC(=O)OCC2c3ccccc3-c3ccccc32)[C@H]1c1ccccc1. The van der Waals surface area contributed by atoms with Crippen LogP contribution >= 0.6 is 0 Å². The Hall–Kier alpha value is -4.39. The van der Waals surface area contributed by atoms with E-state index >= 15 is 0 Å². The number of nitrogens with one attached hydrogen (secondary N) is 1. The minimum atomic E-state index is -0.944. The number of amides is 3. The van der Waals surface area contributed by atoms with Gasteiger partial charge in [-0.25, -0.2) is 4.79 Å². The first-order valence-electron chi connectivity index (χ1n) is 13.8. The van der Waals surface area contributed by atoms with Crippen molar-refractivity contribution >= 4 is 17.9 Å². The number of carbonyl (C=O) groups excluding carboxylic acids is 3.